The fraction of sp³-hybridized carbons (Fsp3) is 0.300. The molecule has 146 valence electrons. The number of fused-ring (bicyclic) bond motifs is 1. The summed E-state index contributed by atoms with van der Waals surface area (Å²) in [5, 5.41) is 4.99. The molecule has 1 amide bonds. The summed E-state index contributed by atoms with van der Waals surface area (Å²) in [5.74, 6) is 0.947. The molecule has 6 nitrogen and oxygen atoms in total. The first kappa shape index (κ1) is 18.8. The molecule has 2 heterocycles. The number of thiazole rings is 1. The third-order valence-corrected chi connectivity index (χ3v) is 5.98. The van der Waals surface area contributed by atoms with E-state index in [1.807, 2.05) is 29.2 Å². The zero-order chi connectivity index (χ0) is 19.7. The fourth-order valence-corrected chi connectivity index (χ4v) is 4.64. The number of hydrogen-bond donors (Lipinski definition) is 1. The molecule has 3 aromatic rings. The Morgan fingerprint density at radius 3 is 2.71 bits per heavy atom. The van der Waals surface area contributed by atoms with Crippen LogP contribution in [0.15, 0.2) is 36.4 Å². The molecule has 0 radical (unpaired) electrons. The van der Waals surface area contributed by atoms with E-state index in [9.17, 15) is 4.79 Å². The molecule has 2 aromatic carbocycles. The maximum Gasteiger partial charge on any atom is 0.261 e. The van der Waals surface area contributed by atoms with Crippen molar-refractivity contribution in [3.63, 3.8) is 0 Å². The Labute approximate surface area is 172 Å². The van der Waals surface area contributed by atoms with Gasteiger partial charge in [0.05, 0.1) is 24.4 Å². The molecule has 1 aliphatic heterocycles. The van der Waals surface area contributed by atoms with Gasteiger partial charge in [-0.05, 0) is 36.8 Å². The Kier molecular flexibility index (Phi) is 5.28. The van der Waals surface area contributed by atoms with Crippen LogP contribution in [0.5, 0.6) is 11.5 Å². The highest BCUT2D eigenvalue weighted by Gasteiger charge is 2.30. The van der Waals surface area contributed by atoms with E-state index in [1.54, 1.807) is 37.7 Å². The van der Waals surface area contributed by atoms with Crippen LogP contribution in [0.4, 0.5) is 5.13 Å². The highest BCUT2D eigenvalue weighted by Crippen LogP contribution is 2.32. The average Bonchev–Trinajstić information content (AvgIpc) is 3.33. The third kappa shape index (κ3) is 3.59. The summed E-state index contributed by atoms with van der Waals surface area (Å²) in [4.78, 5) is 19.5. The van der Waals surface area contributed by atoms with Crippen molar-refractivity contribution in [3.8, 4) is 11.5 Å². The molecule has 1 aromatic heterocycles. The molecular weight excluding hydrogens is 398 g/mol. The van der Waals surface area contributed by atoms with Gasteiger partial charge in [0.2, 0.25) is 0 Å². The van der Waals surface area contributed by atoms with E-state index in [0.717, 1.165) is 21.8 Å². The summed E-state index contributed by atoms with van der Waals surface area (Å²) in [5.41, 5.74) is 1.38. The lowest BCUT2D eigenvalue weighted by Crippen LogP contribution is -2.32. The van der Waals surface area contributed by atoms with Crippen molar-refractivity contribution in [2.75, 3.05) is 32.6 Å². The highest BCUT2D eigenvalue weighted by atomic mass is 35.5. The molecule has 1 saturated heterocycles. The van der Waals surface area contributed by atoms with Crippen molar-refractivity contribution in [2.24, 2.45) is 0 Å². The average molecular weight is 418 g/mol. The molecule has 0 bridgehead atoms. The van der Waals surface area contributed by atoms with Crippen molar-refractivity contribution < 1.29 is 14.3 Å². The second-order valence-electron chi connectivity index (χ2n) is 6.55. The molecular formula is C20H20ClN3O3S. The first-order chi connectivity index (χ1) is 13.6. The van der Waals surface area contributed by atoms with Crippen LogP contribution >= 0.6 is 22.9 Å². The molecule has 28 heavy (non-hydrogen) atoms. The van der Waals surface area contributed by atoms with Crippen LogP contribution in [0.25, 0.3) is 10.2 Å². The van der Waals surface area contributed by atoms with E-state index < -0.39 is 0 Å². The number of nitrogens with one attached hydrogen (secondary N) is 1. The standard InChI is InChI=1S/C20H20ClN3O3S/c1-26-15-4-3-5-16(27-2)18(15)19(25)24-9-8-13(11-24)22-20-23-14-7-6-12(21)10-17(14)28-20/h3-7,10,13H,8-9,11H2,1-2H3,(H,22,23). The topological polar surface area (TPSA) is 63.7 Å². The van der Waals surface area contributed by atoms with E-state index in [4.69, 9.17) is 21.1 Å². The number of nitrogens with zero attached hydrogens (tertiary/aromatic N) is 2. The number of likely N-dealkylation sites (tertiary alicyclic amines) is 1. The summed E-state index contributed by atoms with van der Waals surface area (Å²) >= 11 is 7.62. The molecule has 0 aliphatic carbocycles. The normalized spacial score (nSPS) is 16.4. The van der Waals surface area contributed by atoms with Crippen molar-refractivity contribution in [3.05, 3.63) is 47.0 Å². The van der Waals surface area contributed by atoms with Gasteiger partial charge in [0.15, 0.2) is 5.13 Å². The number of carbonyl (C=O) groups is 1. The van der Waals surface area contributed by atoms with Crippen molar-refractivity contribution in [1.82, 2.24) is 9.88 Å². The summed E-state index contributed by atoms with van der Waals surface area (Å²) in [7, 11) is 3.11. The van der Waals surface area contributed by atoms with E-state index in [1.165, 1.54) is 0 Å². The predicted octanol–water partition coefficient (Wildman–Crippen LogP) is 4.29. The van der Waals surface area contributed by atoms with E-state index >= 15 is 0 Å². The molecule has 1 aliphatic rings. The molecule has 1 fully saturated rings. The number of aromatic nitrogens is 1. The van der Waals surface area contributed by atoms with Gasteiger partial charge in [-0.15, -0.1) is 0 Å². The van der Waals surface area contributed by atoms with Gasteiger partial charge in [0, 0.05) is 24.2 Å². The van der Waals surface area contributed by atoms with Crippen LogP contribution in [0, 0.1) is 0 Å². The Balaban J connectivity index is 1.48. The van der Waals surface area contributed by atoms with Crippen LogP contribution in [0.2, 0.25) is 5.02 Å². The zero-order valence-corrected chi connectivity index (χ0v) is 17.1. The minimum Gasteiger partial charge on any atom is -0.496 e. The maximum atomic E-state index is 13.1. The van der Waals surface area contributed by atoms with Crippen molar-refractivity contribution in [2.45, 2.75) is 12.5 Å². The van der Waals surface area contributed by atoms with E-state index in [0.29, 0.717) is 35.2 Å². The number of anilines is 1. The van der Waals surface area contributed by atoms with Gasteiger partial charge in [-0.3, -0.25) is 4.79 Å². The van der Waals surface area contributed by atoms with Gasteiger partial charge < -0.3 is 19.7 Å². The Hall–Kier alpha value is -2.51. The predicted molar refractivity (Wildman–Crippen MR) is 112 cm³/mol. The van der Waals surface area contributed by atoms with E-state index in [-0.39, 0.29) is 11.9 Å². The molecule has 8 heteroatoms. The maximum absolute atomic E-state index is 13.1. The lowest BCUT2D eigenvalue weighted by Gasteiger charge is -2.20. The molecule has 1 N–H and O–H groups in total. The Bertz CT molecular complexity index is 1000. The molecule has 1 unspecified atom stereocenters. The largest absolute Gasteiger partial charge is 0.496 e. The monoisotopic (exact) mass is 417 g/mol. The molecule has 1 atom stereocenters. The molecule has 4 rings (SSSR count). The number of methoxy groups -OCH3 is 2. The van der Waals surface area contributed by atoms with Gasteiger partial charge in [-0.2, -0.15) is 0 Å². The minimum absolute atomic E-state index is 0.0883. The van der Waals surface area contributed by atoms with Crippen LogP contribution in [0.1, 0.15) is 16.8 Å². The van der Waals surface area contributed by atoms with Gasteiger partial charge in [0.1, 0.15) is 17.1 Å². The first-order valence-electron chi connectivity index (χ1n) is 8.92. The van der Waals surface area contributed by atoms with Crippen LogP contribution in [-0.4, -0.2) is 49.1 Å². The first-order valence-corrected chi connectivity index (χ1v) is 10.1. The van der Waals surface area contributed by atoms with Crippen LogP contribution in [-0.2, 0) is 0 Å². The number of benzene rings is 2. The molecule has 0 spiro atoms. The van der Waals surface area contributed by atoms with Gasteiger partial charge in [-0.1, -0.05) is 29.0 Å². The van der Waals surface area contributed by atoms with Crippen LogP contribution < -0.4 is 14.8 Å². The number of ether oxygens (including phenoxy) is 2. The Morgan fingerprint density at radius 2 is 2.00 bits per heavy atom. The fourth-order valence-electron chi connectivity index (χ4n) is 3.42. The number of amides is 1. The second-order valence-corrected chi connectivity index (χ2v) is 8.02. The summed E-state index contributed by atoms with van der Waals surface area (Å²) in [6.45, 7) is 1.26. The Morgan fingerprint density at radius 1 is 1.25 bits per heavy atom. The number of halogens is 1. The smallest absolute Gasteiger partial charge is 0.261 e. The summed E-state index contributed by atoms with van der Waals surface area (Å²) in [6, 6.07) is 11.2. The van der Waals surface area contributed by atoms with Crippen molar-refractivity contribution >= 4 is 44.2 Å². The van der Waals surface area contributed by atoms with Gasteiger partial charge in [-0.25, -0.2) is 4.98 Å². The van der Waals surface area contributed by atoms with Crippen LogP contribution in [0.3, 0.4) is 0 Å². The lowest BCUT2D eigenvalue weighted by molar-refractivity contribution is 0.0784. The highest BCUT2D eigenvalue weighted by molar-refractivity contribution is 7.22. The quantitative estimate of drug-likeness (QED) is 0.670. The summed E-state index contributed by atoms with van der Waals surface area (Å²) in [6.07, 6.45) is 0.847. The zero-order valence-electron chi connectivity index (χ0n) is 15.6. The minimum atomic E-state index is -0.0883. The third-order valence-electron chi connectivity index (χ3n) is 4.80. The lowest BCUT2D eigenvalue weighted by atomic mass is 10.1. The molecule has 0 saturated carbocycles. The number of rotatable bonds is 5. The SMILES string of the molecule is COc1cccc(OC)c1C(=O)N1CCC(Nc2nc3ccc(Cl)cc3s2)C1. The number of hydrogen-bond acceptors (Lipinski definition) is 6. The van der Waals surface area contributed by atoms with E-state index in [2.05, 4.69) is 10.3 Å². The van der Waals surface area contributed by atoms with Gasteiger partial charge in [0.25, 0.3) is 5.91 Å². The van der Waals surface area contributed by atoms with Gasteiger partial charge >= 0.3 is 0 Å². The summed E-state index contributed by atoms with van der Waals surface area (Å²) < 4.78 is 11.8. The second kappa shape index (κ2) is 7.85. The van der Waals surface area contributed by atoms with Crippen molar-refractivity contribution in [1.29, 1.82) is 0 Å². The number of carbonyl (C=O) groups excluding carboxylic acids is 1.